The van der Waals surface area contributed by atoms with Gasteiger partial charge in [0.1, 0.15) is 5.60 Å². The van der Waals surface area contributed by atoms with Gasteiger partial charge >= 0.3 is 6.09 Å². The number of alkyl carbamates (subject to hydrolysis) is 1. The van der Waals surface area contributed by atoms with Gasteiger partial charge in [-0.1, -0.05) is 0 Å². The van der Waals surface area contributed by atoms with Gasteiger partial charge in [0, 0.05) is 24.7 Å². The minimum atomic E-state index is -0.478. The van der Waals surface area contributed by atoms with E-state index < -0.39 is 5.60 Å². The van der Waals surface area contributed by atoms with Crippen molar-refractivity contribution >= 4 is 12.0 Å². The molecule has 4 aliphatic carbocycles. The Morgan fingerprint density at radius 2 is 1.52 bits per heavy atom. The summed E-state index contributed by atoms with van der Waals surface area (Å²) in [5.74, 6) is 2.72. The highest BCUT2D eigenvalue weighted by Gasteiger charge is 2.51. The van der Waals surface area contributed by atoms with Crippen LogP contribution >= 0.6 is 0 Å². The van der Waals surface area contributed by atoms with E-state index in [4.69, 9.17) is 4.74 Å². The molecular weight excluding hydrogens is 366 g/mol. The van der Waals surface area contributed by atoms with Crippen molar-refractivity contribution in [2.24, 2.45) is 17.8 Å². The fourth-order valence-corrected chi connectivity index (χ4v) is 6.70. The molecule has 6 nitrogen and oxygen atoms in total. The number of nitrogens with zero attached hydrogens (tertiary/aromatic N) is 1. The maximum absolute atomic E-state index is 13.1. The molecule has 0 aromatic heterocycles. The van der Waals surface area contributed by atoms with E-state index in [-0.39, 0.29) is 29.6 Å². The van der Waals surface area contributed by atoms with Crippen LogP contribution in [0.25, 0.3) is 0 Å². The second-order valence-corrected chi connectivity index (χ2v) is 11.3. The van der Waals surface area contributed by atoms with Gasteiger partial charge in [-0.2, -0.15) is 0 Å². The molecule has 1 aliphatic heterocycles. The quantitative estimate of drug-likeness (QED) is 0.752. The van der Waals surface area contributed by atoms with Gasteiger partial charge in [0.2, 0.25) is 5.91 Å². The van der Waals surface area contributed by atoms with Crippen LogP contribution in [0.15, 0.2) is 0 Å². The van der Waals surface area contributed by atoms with Crippen molar-refractivity contribution in [3.8, 4) is 0 Å². The molecule has 0 radical (unpaired) electrons. The number of carbonyl (C=O) groups is 2. The number of carbonyl (C=O) groups excluding carboxylic acids is 2. The molecule has 2 N–H and O–H groups in total. The summed E-state index contributed by atoms with van der Waals surface area (Å²) >= 11 is 0. The third-order valence-electron chi connectivity index (χ3n) is 7.60. The lowest BCUT2D eigenvalue weighted by atomic mass is 9.53. The maximum atomic E-state index is 13.1. The molecule has 4 saturated carbocycles. The lowest BCUT2D eigenvalue weighted by Crippen LogP contribution is -2.62. The van der Waals surface area contributed by atoms with Crippen molar-refractivity contribution in [3.63, 3.8) is 0 Å². The largest absolute Gasteiger partial charge is 0.444 e. The highest BCUT2D eigenvalue weighted by Crippen LogP contribution is 2.55. The Labute approximate surface area is 175 Å². The topological polar surface area (TPSA) is 70.7 Å². The van der Waals surface area contributed by atoms with E-state index in [1.165, 1.54) is 38.5 Å². The first-order chi connectivity index (χ1) is 13.6. The van der Waals surface area contributed by atoms with Crippen LogP contribution < -0.4 is 10.6 Å². The molecule has 1 unspecified atom stereocenters. The summed E-state index contributed by atoms with van der Waals surface area (Å²) in [6.07, 6.45) is 9.12. The van der Waals surface area contributed by atoms with Crippen LogP contribution in [0.1, 0.15) is 79.1 Å². The van der Waals surface area contributed by atoms with Crippen LogP contribution in [-0.2, 0) is 9.53 Å². The summed E-state index contributed by atoms with van der Waals surface area (Å²) in [6, 6.07) is 0.0185. The SMILES string of the molecule is CC(C(=O)NC12CC3CC(CC(C3)C1)C2)N1CCC(NC(=O)OC(C)(C)C)CC1. The Morgan fingerprint density at radius 1 is 1.00 bits per heavy atom. The Balaban J connectivity index is 1.25. The van der Waals surface area contributed by atoms with Crippen molar-refractivity contribution < 1.29 is 14.3 Å². The first kappa shape index (κ1) is 21.0. The van der Waals surface area contributed by atoms with E-state index in [1.54, 1.807) is 0 Å². The number of piperidine rings is 1. The predicted octanol–water partition coefficient (Wildman–Crippen LogP) is 3.45. The van der Waals surface area contributed by atoms with Gasteiger partial charge in [0.15, 0.2) is 0 Å². The Morgan fingerprint density at radius 3 is 2.00 bits per heavy atom. The normalized spacial score (nSPS) is 35.9. The number of amides is 2. The fraction of sp³-hybridized carbons (Fsp3) is 0.913. The van der Waals surface area contributed by atoms with Crippen molar-refractivity contribution in [2.75, 3.05) is 13.1 Å². The van der Waals surface area contributed by atoms with Crippen LogP contribution in [0.5, 0.6) is 0 Å². The van der Waals surface area contributed by atoms with E-state index in [2.05, 4.69) is 15.5 Å². The summed E-state index contributed by atoms with van der Waals surface area (Å²) in [6.45, 7) is 9.32. The average molecular weight is 406 g/mol. The van der Waals surface area contributed by atoms with Crippen LogP contribution in [0.2, 0.25) is 0 Å². The lowest BCUT2D eigenvalue weighted by molar-refractivity contribution is -0.132. The average Bonchev–Trinajstić information content (AvgIpc) is 2.58. The minimum Gasteiger partial charge on any atom is -0.444 e. The zero-order valence-corrected chi connectivity index (χ0v) is 18.6. The third-order valence-corrected chi connectivity index (χ3v) is 7.60. The smallest absolute Gasteiger partial charge is 0.407 e. The maximum Gasteiger partial charge on any atom is 0.407 e. The van der Waals surface area contributed by atoms with Crippen LogP contribution in [-0.4, -0.2) is 53.2 Å². The van der Waals surface area contributed by atoms with Gasteiger partial charge in [-0.15, -0.1) is 0 Å². The lowest BCUT2D eigenvalue weighted by Gasteiger charge is -2.57. The van der Waals surface area contributed by atoms with E-state index in [9.17, 15) is 9.59 Å². The van der Waals surface area contributed by atoms with E-state index in [1.807, 2.05) is 27.7 Å². The third kappa shape index (κ3) is 4.89. The number of nitrogens with one attached hydrogen (secondary N) is 2. The van der Waals surface area contributed by atoms with Crippen LogP contribution in [0.4, 0.5) is 4.79 Å². The van der Waals surface area contributed by atoms with Gasteiger partial charge in [-0.25, -0.2) is 4.79 Å². The molecule has 1 atom stereocenters. The van der Waals surface area contributed by atoms with Crippen molar-refractivity contribution in [3.05, 3.63) is 0 Å². The van der Waals surface area contributed by atoms with E-state index >= 15 is 0 Å². The Hall–Kier alpha value is -1.30. The van der Waals surface area contributed by atoms with Crippen molar-refractivity contribution in [1.29, 1.82) is 0 Å². The molecule has 164 valence electrons. The van der Waals surface area contributed by atoms with Gasteiger partial charge in [-0.3, -0.25) is 9.69 Å². The number of likely N-dealkylation sites (tertiary alicyclic amines) is 1. The van der Waals surface area contributed by atoms with Gasteiger partial charge in [-0.05, 0) is 96.8 Å². The molecule has 0 spiro atoms. The van der Waals surface area contributed by atoms with E-state index in [0.29, 0.717) is 0 Å². The Bertz CT molecular complexity index is 598. The summed E-state index contributed by atoms with van der Waals surface area (Å²) in [7, 11) is 0. The molecular formula is C23H39N3O3. The first-order valence-corrected chi connectivity index (χ1v) is 11.7. The molecule has 1 heterocycles. The molecule has 1 saturated heterocycles. The fourth-order valence-electron chi connectivity index (χ4n) is 6.70. The van der Waals surface area contributed by atoms with Gasteiger partial charge < -0.3 is 15.4 Å². The zero-order chi connectivity index (χ0) is 20.8. The minimum absolute atomic E-state index is 0.0800. The zero-order valence-electron chi connectivity index (χ0n) is 18.6. The molecule has 5 rings (SSSR count). The molecule has 6 heteroatoms. The monoisotopic (exact) mass is 405 g/mol. The number of ether oxygens (including phenoxy) is 1. The molecule has 4 bridgehead atoms. The first-order valence-electron chi connectivity index (χ1n) is 11.7. The summed E-state index contributed by atoms with van der Waals surface area (Å²) < 4.78 is 5.36. The molecule has 0 aromatic carbocycles. The second-order valence-electron chi connectivity index (χ2n) is 11.3. The van der Waals surface area contributed by atoms with E-state index in [0.717, 1.165) is 43.7 Å². The molecule has 29 heavy (non-hydrogen) atoms. The predicted molar refractivity (Wildman–Crippen MR) is 112 cm³/mol. The number of hydrogen-bond donors (Lipinski definition) is 2. The van der Waals surface area contributed by atoms with Crippen LogP contribution in [0, 0.1) is 17.8 Å². The number of hydrogen-bond acceptors (Lipinski definition) is 4. The summed E-state index contributed by atoms with van der Waals surface area (Å²) in [4.78, 5) is 27.4. The highest BCUT2D eigenvalue weighted by atomic mass is 16.6. The summed E-state index contributed by atoms with van der Waals surface area (Å²) in [5.41, 5.74) is -0.397. The van der Waals surface area contributed by atoms with Crippen molar-refractivity contribution in [1.82, 2.24) is 15.5 Å². The molecule has 5 aliphatic rings. The molecule has 2 amide bonds. The molecule has 5 fully saturated rings. The Kier molecular flexibility index (Phi) is 5.60. The van der Waals surface area contributed by atoms with Crippen molar-refractivity contribution in [2.45, 2.75) is 102 Å². The van der Waals surface area contributed by atoms with Crippen LogP contribution in [0.3, 0.4) is 0 Å². The number of rotatable bonds is 4. The summed E-state index contributed by atoms with van der Waals surface area (Å²) in [5, 5.41) is 6.50. The standard InChI is InChI=1S/C23H39N3O3/c1-15(26-7-5-19(6-8-26)24-21(28)29-22(2,3)4)20(27)25-23-12-16-9-17(13-23)11-18(10-16)14-23/h15-19H,5-14H2,1-4H3,(H,24,28)(H,25,27). The highest BCUT2D eigenvalue weighted by molar-refractivity contribution is 5.82. The second kappa shape index (κ2) is 7.75. The van der Waals surface area contributed by atoms with Gasteiger partial charge in [0.05, 0.1) is 6.04 Å². The van der Waals surface area contributed by atoms with Gasteiger partial charge in [0.25, 0.3) is 0 Å². The molecule has 0 aromatic rings.